The van der Waals surface area contributed by atoms with Gasteiger partial charge in [-0.15, -0.1) is 0 Å². The fraction of sp³-hybridized carbons (Fsp3) is 0.818. The summed E-state index contributed by atoms with van der Waals surface area (Å²) in [5, 5.41) is 0. The summed E-state index contributed by atoms with van der Waals surface area (Å²) >= 11 is 0. The van der Waals surface area contributed by atoms with Crippen molar-refractivity contribution in [1.29, 1.82) is 0 Å². The highest BCUT2D eigenvalue weighted by Gasteiger charge is 2.32. The molecule has 0 spiro atoms. The Bertz CT molecular complexity index is 380. The quantitative estimate of drug-likeness (QED) is 0.734. The molecule has 2 aliphatic rings. The molecule has 17 heavy (non-hydrogen) atoms. The van der Waals surface area contributed by atoms with E-state index in [1.54, 1.807) is 8.61 Å². The molecule has 1 atom stereocenters. The van der Waals surface area contributed by atoms with E-state index in [-0.39, 0.29) is 0 Å². The summed E-state index contributed by atoms with van der Waals surface area (Å²) in [6, 6.07) is 0. The zero-order chi connectivity index (χ0) is 12.3. The summed E-state index contributed by atoms with van der Waals surface area (Å²) in [5.41, 5.74) is 5.64. The highest BCUT2D eigenvalue weighted by Crippen LogP contribution is 2.21. The van der Waals surface area contributed by atoms with Crippen LogP contribution in [0.25, 0.3) is 0 Å². The molecule has 2 N–H and O–H groups in total. The van der Waals surface area contributed by atoms with Crippen molar-refractivity contribution < 1.29 is 8.42 Å². The molecular formula is C11H21N3O2S. The van der Waals surface area contributed by atoms with E-state index in [2.05, 4.69) is 0 Å². The first kappa shape index (κ1) is 13.0. The molecule has 0 aromatic rings. The van der Waals surface area contributed by atoms with Crippen LogP contribution in [0.4, 0.5) is 0 Å². The van der Waals surface area contributed by atoms with Crippen LogP contribution >= 0.6 is 0 Å². The van der Waals surface area contributed by atoms with Crippen molar-refractivity contribution in [3.05, 3.63) is 12.2 Å². The van der Waals surface area contributed by atoms with Crippen molar-refractivity contribution in [3.63, 3.8) is 0 Å². The van der Waals surface area contributed by atoms with E-state index in [0.29, 0.717) is 38.6 Å². The molecule has 98 valence electrons. The summed E-state index contributed by atoms with van der Waals surface area (Å²) < 4.78 is 27.9. The minimum absolute atomic E-state index is 0.318. The summed E-state index contributed by atoms with van der Waals surface area (Å²) in [7, 11) is -3.27. The second-order valence-corrected chi connectivity index (χ2v) is 6.66. The van der Waals surface area contributed by atoms with Gasteiger partial charge in [0.25, 0.3) is 10.2 Å². The first-order chi connectivity index (χ1) is 8.14. The Morgan fingerprint density at radius 3 is 2.71 bits per heavy atom. The predicted molar refractivity (Wildman–Crippen MR) is 67.6 cm³/mol. The molecule has 1 unspecified atom stereocenters. The van der Waals surface area contributed by atoms with Crippen LogP contribution in [-0.2, 0) is 10.2 Å². The van der Waals surface area contributed by atoms with Gasteiger partial charge in [-0.2, -0.15) is 17.0 Å². The molecule has 2 aliphatic heterocycles. The van der Waals surface area contributed by atoms with Gasteiger partial charge < -0.3 is 5.73 Å². The van der Waals surface area contributed by atoms with Crippen molar-refractivity contribution in [2.45, 2.75) is 19.3 Å². The van der Waals surface area contributed by atoms with E-state index in [1.807, 2.05) is 12.2 Å². The normalized spacial score (nSPS) is 28.4. The molecular weight excluding hydrogens is 238 g/mol. The second kappa shape index (κ2) is 5.48. The number of hydrogen-bond acceptors (Lipinski definition) is 3. The maximum Gasteiger partial charge on any atom is 0.282 e. The van der Waals surface area contributed by atoms with Crippen LogP contribution in [0.15, 0.2) is 12.2 Å². The van der Waals surface area contributed by atoms with Crippen LogP contribution < -0.4 is 5.73 Å². The molecule has 6 heteroatoms. The van der Waals surface area contributed by atoms with Crippen LogP contribution in [-0.4, -0.2) is 49.8 Å². The number of hydrogen-bond donors (Lipinski definition) is 1. The van der Waals surface area contributed by atoms with Crippen molar-refractivity contribution >= 4 is 10.2 Å². The summed E-state index contributed by atoms with van der Waals surface area (Å²) in [4.78, 5) is 0. The Hall–Kier alpha value is -0.430. The lowest BCUT2D eigenvalue weighted by Crippen LogP contribution is -2.49. The topological polar surface area (TPSA) is 66.6 Å². The Labute approximate surface area is 103 Å². The molecule has 5 nitrogen and oxygen atoms in total. The largest absolute Gasteiger partial charge is 0.330 e. The third-order valence-electron chi connectivity index (χ3n) is 3.49. The first-order valence-electron chi connectivity index (χ1n) is 6.25. The highest BCUT2D eigenvalue weighted by molar-refractivity contribution is 7.86. The third-order valence-corrected chi connectivity index (χ3v) is 5.46. The first-order valence-corrected chi connectivity index (χ1v) is 7.64. The van der Waals surface area contributed by atoms with Crippen LogP contribution in [0.2, 0.25) is 0 Å². The molecule has 0 aromatic carbocycles. The van der Waals surface area contributed by atoms with Crippen molar-refractivity contribution in [2.24, 2.45) is 11.7 Å². The zero-order valence-electron chi connectivity index (χ0n) is 10.1. The highest BCUT2D eigenvalue weighted by atomic mass is 32.2. The van der Waals surface area contributed by atoms with E-state index < -0.39 is 10.2 Å². The van der Waals surface area contributed by atoms with Gasteiger partial charge >= 0.3 is 0 Å². The average molecular weight is 259 g/mol. The molecule has 0 aromatic heterocycles. The Kier molecular flexibility index (Phi) is 4.19. The van der Waals surface area contributed by atoms with Gasteiger partial charge in [0, 0.05) is 26.2 Å². The van der Waals surface area contributed by atoms with Crippen LogP contribution in [0.3, 0.4) is 0 Å². The fourth-order valence-electron chi connectivity index (χ4n) is 2.42. The Morgan fingerprint density at radius 2 is 2.06 bits per heavy atom. The molecule has 0 aliphatic carbocycles. The van der Waals surface area contributed by atoms with Gasteiger partial charge in [-0.3, -0.25) is 0 Å². The van der Waals surface area contributed by atoms with Crippen molar-refractivity contribution in [1.82, 2.24) is 8.61 Å². The summed E-state index contributed by atoms with van der Waals surface area (Å²) in [6.45, 7) is 2.90. The molecule has 2 heterocycles. The number of nitrogens with two attached hydrogens (primary N) is 1. The van der Waals surface area contributed by atoms with Gasteiger partial charge in [-0.25, -0.2) is 0 Å². The monoisotopic (exact) mass is 259 g/mol. The van der Waals surface area contributed by atoms with Gasteiger partial charge in [-0.1, -0.05) is 12.2 Å². The minimum atomic E-state index is -3.27. The standard InChI is InChI=1S/C11H21N3O2S/c12-9-11-5-4-8-14(10-11)17(15,16)13-6-2-1-3-7-13/h1-2,11H,3-10,12H2. The lowest BCUT2D eigenvalue weighted by atomic mass is 10.0. The van der Waals surface area contributed by atoms with E-state index in [4.69, 9.17) is 5.73 Å². The van der Waals surface area contributed by atoms with Crippen LogP contribution in [0.5, 0.6) is 0 Å². The summed E-state index contributed by atoms with van der Waals surface area (Å²) in [5.74, 6) is 0.318. The van der Waals surface area contributed by atoms with Crippen LogP contribution in [0, 0.1) is 5.92 Å². The molecule has 0 amide bonds. The predicted octanol–water partition coefficient (Wildman–Crippen LogP) is 0.164. The Balaban J connectivity index is 2.06. The molecule has 1 fully saturated rings. The average Bonchev–Trinajstić information content (AvgIpc) is 2.40. The van der Waals surface area contributed by atoms with E-state index in [9.17, 15) is 8.42 Å². The van der Waals surface area contributed by atoms with Gasteiger partial charge in [-0.05, 0) is 31.7 Å². The van der Waals surface area contributed by atoms with Crippen molar-refractivity contribution in [3.8, 4) is 0 Å². The van der Waals surface area contributed by atoms with Gasteiger partial charge in [0.15, 0.2) is 0 Å². The lowest BCUT2D eigenvalue weighted by molar-refractivity contribution is 0.252. The minimum Gasteiger partial charge on any atom is -0.330 e. The number of nitrogens with zero attached hydrogens (tertiary/aromatic N) is 2. The lowest BCUT2D eigenvalue weighted by Gasteiger charge is -2.35. The maximum atomic E-state index is 12.4. The zero-order valence-corrected chi connectivity index (χ0v) is 10.9. The smallest absolute Gasteiger partial charge is 0.282 e. The van der Waals surface area contributed by atoms with Gasteiger partial charge in [0.05, 0.1) is 0 Å². The third kappa shape index (κ3) is 2.88. The fourth-order valence-corrected chi connectivity index (χ4v) is 4.12. The van der Waals surface area contributed by atoms with Crippen LogP contribution in [0.1, 0.15) is 19.3 Å². The molecule has 1 saturated heterocycles. The maximum absolute atomic E-state index is 12.4. The molecule has 2 rings (SSSR count). The number of piperidine rings is 1. The van der Waals surface area contributed by atoms with Gasteiger partial charge in [0.1, 0.15) is 0 Å². The number of rotatable bonds is 3. The van der Waals surface area contributed by atoms with E-state index in [1.165, 1.54) is 0 Å². The van der Waals surface area contributed by atoms with E-state index in [0.717, 1.165) is 19.3 Å². The molecule has 0 bridgehead atoms. The van der Waals surface area contributed by atoms with Gasteiger partial charge in [0.2, 0.25) is 0 Å². The van der Waals surface area contributed by atoms with E-state index >= 15 is 0 Å². The molecule has 0 saturated carbocycles. The van der Waals surface area contributed by atoms with Crippen molar-refractivity contribution in [2.75, 3.05) is 32.7 Å². The molecule has 0 radical (unpaired) electrons. The second-order valence-electron chi connectivity index (χ2n) is 4.73. The SMILES string of the molecule is NCC1CCCN(S(=O)(=O)N2CC=CCC2)C1. The Morgan fingerprint density at radius 1 is 1.24 bits per heavy atom. The summed E-state index contributed by atoms with van der Waals surface area (Å²) in [6.07, 6.45) is 6.73.